The number of likely N-dealkylation sites (tertiary alicyclic amines) is 1. The molecule has 1 aromatic rings. The first kappa shape index (κ1) is 19.7. The zero-order valence-electron chi connectivity index (χ0n) is 13.8. The molecule has 0 unspecified atom stereocenters. The standard InChI is InChI=1S/C16H21F3N2O3S/c1-25(23,24)20-11-14-4-2-3-9-21(14)15(22)10-12-5-7-13(8-6-12)16(17,18)19/h5-8,14,20H,2-4,9-11H2,1H3/t14-/m1/s1. The minimum absolute atomic E-state index is 0.00644. The van der Waals surface area contributed by atoms with Crippen LogP contribution in [0, 0.1) is 0 Å². The highest BCUT2D eigenvalue weighted by atomic mass is 32.2. The molecule has 1 aliphatic heterocycles. The van der Waals surface area contributed by atoms with Crippen LogP contribution in [-0.2, 0) is 27.4 Å². The molecule has 0 spiro atoms. The average Bonchev–Trinajstić information content (AvgIpc) is 2.52. The quantitative estimate of drug-likeness (QED) is 0.854. The third kappa shape index (κ3) is 6.00. The second-order valence-electron chi connectivity index (χ2n) is 6.23. The minimum atomic E-state index is -4.40. The van der Waals surface area contributed by atoms with Gasteiger partial charge in [-0.15, -0.1) is 0 Å². The van der Waals surface area contributed by atoms with Crippen molar-refractivity contribution in [3.8, 4) is 0 Å². The van der Waals surface area contributed by atoms with Gasteiger partial charge in [0.15, 0.2) is 0 Å². The number of sulfonamides is 1. The summed E-state index contributed by atoms with van der Waals surface area (Å²) in [6.45, 7) is 0.674. The Hall–Kier alpha value is -1.61. The number of hydrogen-bond donors (Lipinski definition) is 1. The van der Waals surface area contributed by atoms with E-state index in [1.165, 1.54) is 12.1 Å². The fourth-order valence-corrected chi connectivity index (χ4v) is 3.37. The summed E-state index contributed by atoms with van der Waals surface area (Å²) in [6.07, 6.45) is -0.926. The number of carbonyl (C=O) groups is 1. The highest BCUT2D eigenvalue weighted by Gasteiger charge is 2.30. The van der Waals surface area contributed by atoms with Crippen LogP contribution >= 0.6 is 0 Å². The summed E-state index contributed by atoms with van der Waals surface area (Å²) in [5.41, 5.74) is -0.254. The molecule has 1 amide bonds. The van der Waals surface area contributed by atoms with Crippen LogP contribution in [-0.4, -0.2) is 44.6 Å². The summed E-state index contributed by atoms with van der Waals surface area (Å²) in [5.74, 6) is -0.209. The molecule has 0 bridgehead atoms. The van der Waals surface area contributed by atoms with Gasteiger partial charge in [-0.3, -0.25) is 4.79 Å². The first-order valence-corrected chi connectivity index (χ1v) is 9.85. The summed E-state index contributed by atoms with van der Waals surface area (Å²) in [5, 5.41) is 0. The molecular weight excluding hydrogens is 357 g/mol. The first-order chi connectivity index (χ1) is 11.6. The molecule has 25 heavy (non-hydrogen) atoms. The van der Waals surface area contributed by atoms with Crippen LogP contribution in [0.15, 0.2) is 24.3 Å². The molecule has 9 heteroatoms. The van der Waals surface area contributed by atoms with Crippen LogP contribution in [0.5, 0.6) is 0 Å². The summed E-state index contributed by atoms with van der Waals surface area (Å²) in [6, 6.07) is 4.29. The predicted molar refractivity (Wildman–Crippen MR) is 87.3 cm³/mol. The maximum atomic E-state index is 12.6. The molecule has 1 N–H and O–H groups in total. The van der Waals surface area contributed by atoms with E-state index in [9.17, 15) is 26.4 Å². The average molecular weight is 378 g/mol. The molecule has 0 radical (unpaired) electrons. The summed E-state index contributed by atoms with van der Waals surface area (Å²) in [4.78, 5) is 14.1. The lowest BCUT2D eigenvalue weighted by Gasteiger charge is -2.36. The Morgan fingerprint density at radius 1 is 1.24 bits per heavy atom. The Bertz CT molecular complexity index is 702. The Balaban J connectivity index is 2.02. The maximum Gasteiger partial charge on any atom is 0.416 e. The monoisotopic (exact) mass is 378 g/mol. The van der Waals surface area contributed by atoms with Gasteiger partial charge in [-0.05, 0) is 37.0 Å². The van der Waals surface area contributed by atoms with Gasteiger partial charge in [-0.2, -0.15) is 13.2 Å². The number of benzene rings is 1. The van der Waals surface area contributed by atoms with Crippen LogP contribution < -0.4 is 4.72 Å². The van der Waals surface area contributed by atoms with Crippen LogP contribution in [0.3, 0.4) is 0 Å². The van der Waals surface area contributed by atoms with E-state index in [1.54, 1.807) is 4.90 Å². The highest BCUT2D eigenvalue weighted by molar-refractivity contribution is 7.88. The second-order valence-corrected chi connectivity index (χ2v) is 8.06. The lowest BCUT2D eigenvalue weighted by molar-refractivity contribution is -0.137. The second kappa shape index (κ2) is 7.74. The normalized spacial score (nSPS) is 19.0. The van der Waals surface area contributed by atoms with Crippen molar-refractivity contribution >= 4 is 15.9 Å². The largest absolute Gasteiger partial charge is 0.416 e. The van der Waals surface area contributed by atoms with Gasteiger partial charge in [0, 0.05) is 19.1 Å². The summed E-state index contributed by atoms with van der Waals surface area (Å²) >= 11 is 0. The molecular formula is C16H21F3N2O3S. The van der Waals surface area contributed by atoms with E-state index in [0.29, 0.717) is 18.5 Å². The van der Waals surface area contributed by atoms with Gasteiger partial charge in [0.25, 0.3) is 0 Å². The van der Waals surface area contributed by atoms with Crippen molar-refractivity contribution in [1.29, 1.82) is 0 Å². The molecule has 1 heterocycles. The summed E-state index contributed by atoms with van der Waals surface area (Å²) < 4.78 is 62.6. The molecule has 1 saturated heterocycles. The SMILES string of the molecule is CS(=O)(=O)NC[C@H]1CCCCN1C(=O)Cc1ccc(C(F)(F)F)cc1. The highest BCUT2D eigenvalue weighted by Crippen LogP contribution is 2.29. The third-order valence-electron chi connectivity index (χ3n) is 4.17. The molecule has 1 aromatic carbocycles. The van der Waals surface area contributed by atoms with E-state index in [-0.39, 0.29) is 24.9 Å². The molecule has 0 aromatic heterocycles. The van der Waals surface area contributed by atoms with Gasteiger partial charge in [0.05, 0.1) is 18.2 Å². The molecule has 5 nitrogen and oxygen atoms in total. The number of alkyl halides is 3. The Morgan fingerprint density at radius 2 is 1.88 bits per heavy atom. The predicted octanol–water partition coefficient (Wildman–Crippen LogP) is 2.18. The van der Waals surface area contributed by atoms with Crippen molar-refractivity contribution in [3.63, 3.8) is 0 Å². The fourth-order valence-electron chi connectivity index (χ4n) is 2.88. The number of nitrogens with zero attached hydrogens (tertiary/aromatic N) is 1. The zero-order valence-corrected chi connectivity index (χ0v) is 14.7. The molecule has 140 valence electrons. The van der Waals surface area contributed by atoms with Crippen LogP contribution in [0.4, 0.5) is 13.2 Å². The number of amides is 1. The number of piperidine rings is 1. The Labute approximate surface area is 145 Å². The Morgan fingerprint density at radius 3 is 2.44 bits per heavy atom. The van der Waals surface area contributed by atoms with E-state index >= 15 is 0 Å². The number of nitrogens with one attached hydrogen (secondary N) is 1. The van der Waals surface area contributed by atoms with Crippen molar-refractivity contribution < 1.29 is 26.4 Å². The van der Waals surface area contributed by atoms with Crippen LogP contribution in [0.25, 0.3) is 0 Å². The van der Waals surface area contributed by atoms with Gasteiger partial charge in [-0.1, -0.05) is 12.1 Å². The van der Waals surface area contributed by atoms with Gasteiger partial charge in [0.1, 0.15) is 0 Å². The van der Waals surface area contributed by atoms with E-state index < -0.39 is 21.8 Å². The molecule has 2 rings (SSSR count). The molecule has 1 fully saturated rings. The smallest absolute Gasteiger partial charge is 0.338 e. The van der Waals surface area contributed by atoms with Gasteiger partial charge >= 0.3 is 6.18 Å². The Kier molecular flexibility index (Phi) is 6.10. The number of hydrogen-bond acceptors (Lipinski definition) is 3. The first-order valence-electron chi connectivity index (χ1n) is 7.96. The van der Waals surface area contributed by atoms with Crippen molar-refractivity contribution in [2.45, 2.75) is 37.9 Å². The van der Waals surface area contributed by atoms with Crippen molar-refractivity contribution in [1.82, 2.24) is 9.62 Å². The minimum Gasteiger partial charge on any atom is -0.338 e. The lowest BCUT2D eigenvalue weighted by Crippen LogP contribution is -2.49. The van der Waals surface area contributed by atoms with Crippen molar-refractivity contribution in [2.24, 2.45) is 0 Å². The van der Waals surface area contributed by atoms with E-state index in [4.69, 9.17) is 0 Å². The lowest BCUT2D eigenvalue weighted by atomic mass is 10.0. The molecule has 0 saturated carbocycles. The van der Waals surface area contributed by atoms with E-state index in [2.05, 4.69) is 4.72 Å². The maximum absolute atomic E-state index is 12.6. The number of halogens is 3. The van der Waals surface area contributed by atoms with Gasteiger partial charge in [-0.25, -0.2) is 13.1 Å². The number of rotatable bonds is 5. The van der Waals surface area contributed by atoms with Crippen LogP contribution in [0.1, 0.15) is 30.4 Å². The van der Waals surface area contributed by atoms with Gasteiger partial charge in [0.2, 0.25) is 15.9 Å². The molecule has 1 aliphatic rings. The van der Waals surface area contributed by atoms with Crippen molar-refractivity contribution in [3.05, 3.63) is 35.4 Å². The van der Waals surface area contributed by atoms with Gasteiger partial charge < -0.3 is 4.90 Å². The number of carbonyl (C=O) groups excluding carboxylic acids is 1. The van der Waals surface area contributed by atoms with E-state index in [1.807, 2.05) is 0 Å². The van der Waals surface area contributed by atoms with Crippen LogP contribution in [0.2, 0.25) is 0 Å². The summed E-state index contributed by atoms with van der Waals surface area (Å²) in [7, 11) is -3.34. The molecule has 1 atom stereocenters. The van der Waals surface area contributed by atoms with E-state index in [0.717, 1.165) is 31.2 Å². The third-order valence-corrected chi connectivity index (χ3v) is 4.86. The zero-order chi connectivity index (χ0) is 18.7. The van der Waals surface area contributed by atoms with Crippen molar-refractivity contribution in [2.75, 3.05) is 19.3 Å². The topological polar surface area (TPSA) is 66.5 Å². The molecule has 0 aliphatic carbocycles. The fraction of sp³-hybridized carbons (Fsp3) is 0.562.